The molecule has 4 aromatic carbocycles. The number of nitrogens with zero attached hydrogens (tertiary/aromatic N) is 2. The summed E-state index contributed by atoms with van der Waals surface area (Å²) in [5, 5.41) is 23.1. The molecule has 0 radical (unpaired) electrons. The topological polar surface area (TPSA) is 109 Å². The van der Waals surface area contributed by atoms with Gasteiger partial charge in [-0.1, -0.05) is 99.6 Å². The number of benzene rings is 4. The first-order valence-electron chi connectivity index (χ1n) is 21.6. The summed E-state index contributed by atoms with van der Waals surface area (Å²) in [4.78, 5) is 34.3. The van der Waals surface area contributed by atoms with Gasteiger partial charge < -0.3 is 19.2 Å². The van der Waals surface area contributed by atoms with Crippen molar-refractivity contribution in [1.29, 1.82) is 0 Å². The second-order valence-electron chi connectivity index (χ2n) is 18.1. The van der Waals surface area contributed by atoms with E-state index in [1.807, 2.05) is 84.9 Å². The van der Waals surface area contributed by atoms with E-state index in [-0.39, 0.29) is 37.6 Å². The molecule has 2 fully saturated rings. The van der Waals surface area contributed by atoms with Gasteiger partial charge in [0.25, 0.3) is 8.32 Å². The average Bonchev–Trinajstić information content (AvgIpc) is 3.53. The van der Waals surface area contributed by atoms with Crippen molar-refractivity contribution in [2.75, 3.05) is 11.5 Å². The van der Waals surface area contributed by atoms with Gasteiger partial charge in [0.2, 0.25) is 11.8 Å². The van der Waals surface area contributed by atoms with Crippen molar-refractivity contribution in [3.8, 4) is 5.75 Å². The molecule has 1 aromatic heterocycles. The summed E-state index contributed by atoms with van der Waals surface area (Å²) in [6.07, 6.45) is -7.57. The van der Waals surface area contributed by atoms with E-state index in [4.69, 9.17) is 9.08 Å². The Morgan fingerprint density at radius 1 is 0.818 bits per heavy atom. The number of amides is 2. The number of phenolic OH excluding ortho intramolecular Hbond substituents is 1. The molecule has 2 aliphatic heterocycles. The number of phenols is 1. The van der Waals surface area contributed by atoms with Crippen molar-refractivity contribution in [3.63, 3.8) is 0 Å². The first-order valence-corrected chi connectivity index (χ1v) is 23.6. The number of halogens is 6. The van der Waals surface area contributed by atoms with Gasteiger partial charge in [0.15, 0.2) is 0 Å². The van der Waals surface area contributed by atoms with Crippen LogP contribution in [0.2, 0.25) is 11.4 Å². The molecule has 0 bridgehead atoms. The summed E-state index contributed by atoms with van der Waals surface area (Å²) in [6.45, 7) is 6.23. The summed E-state index contributed by atoms with van der Waals surface area (Å²) in [6, 6.07) is 32.5. The first kappa shape index (κ1) is 46.7. The average molecular weight is 925 g/mol. The molecule has 342 valence electrons. The van der Waals surface area contributed by atoms with Crippen LogP contribution in [-0.2, 0) is 31.0 Å². The molecule has 0 unspecified atom stereocenters. The molecule has 16 heteroatoms. The number of carbonyl (C=O) groups is 2. The van der Waals surface area contributed by atoms with Gasteiger partial charge in [-0.3, -0.25) is 14.6 Å². The lowest BCUT2D eigenvalue weighted by Crippen LogP contribution is -2.66. The Labute approximate surface area is 379 Å². The van der Waals surface area contributed by atoms with E-state index in [0.717, 1.165) is 15.9 Å². The molecule has 2 saturated heterocycles. The van der Waals surface area contributed by atoms with Crippen LogP contribution >= 0.6 is 0 Å². The highest BCUT2D eigenvalue weighted by Gasteiger charge is 2.59. The highest BCUT2D eigenvalue weighted by atomic mass is 28.4. The number of rotatable bonds is 11. The van der Waals surface area contributed by atoms with Gasteiger partial charge in [-0.15, -0.1) is 0 Å². The van der Waals surface area contributed by atoms with E-state index in [0.29, 0.717) is 45.9 Å². The van der Waals surface area contributed by atoms with Crippen molar-refractivity contribution in [2.24, 2.45) is 17.8 Å². The van der Waals surface area contributed by atoms with Gasteiger partial charge in [0.1, 0.15) is 5.75 Å². The number of carbonyl (C=O) groups excluding carboxylic acids is 2. The number of aromatic hydroxyl groups is 1. The number of allylic oxidation sites excluding steroid dienone is 1. The van der Waals surface area contributed by atoms with Crippen LogP contribution in [0.5, 0.6) is 5.75 Å². The minimum Gasteiger partial charge on any atom is -0.508 e. The zero-order chi connectivity index (χ0) is 47.2. The van der Waals surface area contributed by atoms with Gasteiger partial charge >= 0.3 is 19.5 Å². The Morgan fingerprint density at radius 2 is 1.44 bits per heavy atom. The van der Waals surface area contributed by atoms with Gasteiger partial charge in [0.05, 0.1) is 47.1 Å². The molecule has 4 atom stereocenters. The van der Waals surface area contributed by atoms with E-state index in [1.165, 1.54) is 0 Å². The molecule has 2 amide bonds. The number of hydrogen-bond acceptors (Lipinski definition) is 7. The minimum atomic E-state index is -5.23. The van der Waals surface area contributed by atoms with Crippen LogP contribution < -0.4 is 15.3 Å². The molecule has 3 heterocycles. The monoisotopic (exact) mass is 924 g/mol. The molecule has 8 rings (SSSR count). The second kappa shape index (κ2) is 18.1. The van der Waals surface area contributed by atoms with Crippen molar-refractivity contribution in [1.82, 2.24) is 4.98 Å². The number of imide groups is 1. The first-order chi connectivity index (χ1) is 31.3. The molecule has 66 heavy (non-hydrogen) atoms. The molecular weight excluding hydrogens is 877 g/mol. The Hall–Kier alpha value is -5.81. The van der Waals surface area contributed by atoms with E-state index in [1.54, 1.807) is 30.5 Å². The Balaban J connectivity index is 1.25. The molecule has 1 aliphatic carbocycles. The van der Waals surface area contributed by atoms with Crippen LogP contribution in [0.1, 0.15) is 62.4 Å². The number of hydrogen-bond donors (Lipinski definition) is 2. The molecule has 5 aromatic rings. The third-order valence-corrected chi connectivity index (χ3v) is 17.9. The van der Waals surface area contributed by atoms with E-state index >= 15 is 0 Å². The Bertz CT molecular complexity index is 2590. The fraction of sp³-hybridized carbons (Fsp3) is 0.300. The van der Waals surface area contributed by atoms with Crippen LogP contribution in [-0.4, -0.2) is 55.1 Å². The summed E-state index contributed by atoms with van der Waals surface area (Å²) < 4.78 is 98.5. The molecule has 3 aliphatic rings. The Kier molecular flexibility index (Phi) is 12.8. The normalized spacial score (nSPS) is 20.7. The van der Waals surface area contributed by atoms with E-state index in [9.17, 15) is 46.1 Å². The zero-order valence-electron chi connectivity index (χ0n) is 36.3. The lowest BCUT2D eigenvalue weighted by molar-refractivity contribution is -0.143. The lowest BCUT2D eigenvalue weighted by Gasteiger charge is -2.46. The fourth-order valence-electron chi connectivity index (χ4n) is 10.1. The molecule has 0 spiro atoms. The molecule has 0 saturated carbocycles. The maximum atomic E-state index is 14.7. The van der Waals surface area contributed by atoms with Gasteiger partial charge in [-0.2, -0.15) is 26.3 Å². The number of anilines is 1. The summed E-state index contributed by atoms with van der Waals surface area (Å²) in [5.41, 5.74) is -0.886. The van der Waals surface area contributed by atoms with Gasteiger partial charge in [0, 0.05) is 6.20 Å². The quantitative estimate of drug-likeness (QED) is 0.0588. The fourth-order valence-corrected chi connectivity index (χ4v) is 14.7. The third-order valence-electron chi connectivity index (χ3n) is 12.9. The Morgan fingerprint density at radius 3 is 2.00 bits per heavy atom. The predicted octanol–water partition coefficient (Wildman–Crippen LogP) is 9.72. The van der Waals surface area contributed by atoms with Crippen LogP contribution in [0, 0.1) is 17.8 Å². The maximum absolute atomic E-state index is 14.7. The minimum absolute atomic E-state index is 0.0465. The van der Waals surface area contributed by atoms with E-state index < -0.39 is 85.3 Å². The summed E-state index contributed by atoms with van der Waals surface area (Å²) >= 11 is 0. The number of alkyl halides is 6. The molecule has 2 N–H and O–H groups in total. The smallest absolute Gasteiger partial charge is 0.455 e. The number of pyridine rings is 1. The standard InChI is InChI=1S/C50H47BF6N2O6Si/c1-48(2,3)66(38-15-6-4-7-16-38,39-17-8-5-9-18-39)64-30-33-25-40-45(47(62)59(46(40)61)36-27-34(49(52,53)54)26-35(28-36)50(55,56)57)41-29-51(63)65-43(44(33)41)21-20-32(42-19-10-11-22-58-42)23-31-13-12-14-37(60)24-31/h4-19,22-24,26-28,40-41,43,45,60,63H,20-21,25,29-30H2,1-3H3/b32-23-/t40-,41+,43-,45-/m1/s1. The molecule has 8 nitrogen and oxygen atoms in total. The van der Waals surface area contributed by atoms with Crippen LogP contribution in [0.25, 0.3) is 11.6 Å². The van der Waals surface area contributed by atoms with Crippen LogP contribution in [0.15, 0.2) is 139 Å². The lowest BCUT2D eigenvalue weighted by atomic mass is 9.58. The van der Waals surface area contributed by atoms with Gasteiger partial charge in [-0.05, 0) is 118 Å². The number of aromatic nitrogens is 1. The highest BCUT2D eigenvalue weighted by Crippen LogP contribution is 2.53. The molecular formula is C50H47BF6N2O6Si. The largest absolute Gasteiger partial charge is 0.508 e. The van der Waals surface area contributed by atoms with Crippen molar-refractivity contribution < 1.29 is 55.1 Å². The van der Waals surface area contributed by atoms with Crippen molar-refractivity contribution in [2.45, 2.75) is 69.8 Å². The summed E-state index contributed by atoms with van der Waals surface area (Å²) in [5.74, 6) is -5.19. The van der Waals surface area contributed by atoms with Crippen LogP contribution in [0.4, 0.5) is 32.0 Å². The third kappa shape index (κ3) is 9.15. The SMILES string of the molecule is CC(C)(C)[Si](OCC1=C2[C@@H](CC/C(=C/c3cccc(O)c3)c3ccccn3)OB(O)C[C@@H]2[C@@H]2C(=O)N(c3cc(C(F)(F)F)cc(C(F)(F)F)c3)C(=O)[C@@H]2C1)(c1ccccc1)c1ccccc1. The van der Waals surface area contributed by atoms with Crippen LogP contribution in [0.3, 0.4) is 0 Å². The van der Waals surface area contributed by atoms with Crippen molar-refractivity contribution >= 4 is 55.0 Å². The number of fused-ring (bicyclic) bond motifs is 3. The van der Waals surface area contributed by atoms with Gasteiger partial charge in [-0.25, -0.2) is 4.90 Å². The highest BCUT2D eigenvalue weighted by molar-refractivity contribution is 6.99. The van der Waals surface area contributed by atoms with Crippen molar-refractivity contribution in [3.05, 3.63) is 161 Å². The maximum Gasteiger partial charge on any atom is 0.455 e. The predicted molar refractivity (Wildman–Crippen MR) is 242 cm³/mol. The summed E-state index contributed by atoms with van der Waals surface area (Å²) in [7, 11) is -4.72. The second-order valence-corrected chi connectivity index (χ2v) is 22.4. The zero-order valence-corrected chi connectivity index (χ0v) is 37.3. The van der Waals surface area contributed by atoms with E-state index in [2.05, 4.69) is 25.8 Å².